The van der Waals surface area contributed by atoms with Gasteiger partial charge in [0.15, 0.2) is 11.8 Å². The number of aromatic nitrogens is 5. The van der Waals surface area contributed by atoms with E-state index >= 15 is 0 Å². The van der Waals surface area contributed by atoms with E-state index in [9.17, 15) is 10.2 Å². The number of ether oxygens (including phenoxy) is 3. The molecule has 0 spiro atoms. The predicted molar refractivity (Wildman–Crippen MR) is 128 cm³/mol. The Hall–Kier alpha value is -2.76. The number of nitrogens with zero attached hydrogens (tertiary/aromatic N) is 4. The molecule has 0 radical (unpaired) electrons. The molecule has 10 nitrogen and oxygen atoms in total. The van der Waals surface area contributed by atoms with Gasteiger partial charge in [-0.2, -0.15) is 10.1 Å². The van der Waals surface area contributed by atoms with Crippen molar-refractivity contribution in [3.8, 4) is 6.01 Å². The highest BCUT2D eigenvalue weighted by molar-refractivity contribution is 6.31. The number of nitrogens with one attached hydrogen (secondary N) is 1. The molecule has 4 atom stereocenters. The topological polar surface area (TPSA) is 128 Å². The van der Waals surface area contributed by atoms with Gasteiger partial charge in [0, 0.05) is 18.5 Å². The highest BCUT2D eigenvalue weighted by Gasteiger charge is 2.48. The van der Waals surface area contributed by atoms with Crippen LogP contribution in [0.5, 0.6) is 6.01 Å². The number of hydrogen-bond acceptors (Lipinski definition) is 8. The first-order chi connectivity index (χ1) is 17.1. The van der Waals surface area contributed by atoms with Crippen LogP contribution in [0.2, 0.25) is 5.02 Å². The van der Waals surface area contributed by atoms with E-state index in [2.05, 4.69) is 21.0 Å². The number of imidazole rings is 1. The maximum atomic E-state index is 9.92. The average Bonchev–Trinajstić information content (AvgIpc) is 3.61. The van der Waals surface area contributed by atoms with E-state index in [1.165, 1.54) is 0 Å². The van der Waals surface area contributed by atoms with Crippen molar-refractivity contribution in [2.24, 2.45) is 0 Å². The van der Waals surface area contributed by atoms with Crippen LogP contribution in [0, 0.1) is 0 Å². The predicted octanol–water partition coefficient (Wildman–Crippen LogP) is 2.03. The summed E-state index contributed by atoms with van der Waals surface area (Å²) in [4.78, 5) is 12.3. The number of H-pyrrole nitrogens is 1. The molecule has 1 aromatic carbocycles. The van der Waals surface area contributed by atoms with Gasteiger partial charge in [-0.3, -0.25) is 4.68 Å². The fourth-order valence-corrected chi connectivity index (χ4v) is 5.11. The summed E-state index contributed by atoms with van der Waals surface area (Å²) >= 11 is 6.56. The first kappa shape index (κ1) is 22.7. The molecular formula is C24H26ClN5O5. The van der Waals surface area contributed by atoms with Crippen LogP contribution >= 0.6 is 11.6 Å². The largest absolute Gasteiger partial charge is 0.456 e. The maximum absolute atomic E-state index is 9.92. The quantitative estimate of drug-likeness (QED) is 0.336. The Morgan fingerprint density at radius 2 is 1.94 bits per heavy atom. The number of benzene rings is 1. The monoisotopic (exact) mass is 499 g/mol. The molecule has 0 amide bonds. The molecule has 2 saturated heterocycles. The third-order valence-electron chi connectivity index (χ3n) is 6.58. The van der Waals surface area contributed by atoms with Crippen molar-refractivity contribution in [3.05, 3.63) is 46.7 Å². The van der Waals surface area contributed by atoms with Crippen molar-refractivity contribution < 1.29 is 24.4 Å². The van der Waals surface area contributed by atoms with Gasteiger partial charge in [0.05, 0.1) is 40.7 Å². The lowest BCUT2D eigenvalue weighted by Gasteiger charge is -2.15. The second kappa shape index (κ2) is 9.36. The van der Waals surface area contributed by atoms with E-state index < -0.39 is 6.10 Å². The first-order valence-electron chi connectivity index (χ1n) is 11.8. The molecule has 3 N–H and O–H groups in total. The van der Waals surface area contributed by atoms with E-state index in [0.717, 1.165) is 22.3 Å². The lowest BCUT2D eigenvalue weighted by Crippen LogP contribution is -2.34. The fraction of sp³-hybridized carbons (Fsp3) is 0.458. The van der Waals surface area contributed by atoms with Crippen LogP contribution in [0.25, 0.3) is 22.1 Å². The SMILES string of the molecule is OCCCn1nc(CCc2nc3nc(O[C@@H]4CO[C@H]5[C@@H]4OC[C@H]5O)[nH]c3cc2Cl)c2ccccc21. The van der Waals surface area contributed by atoms with Gasteiger partial charge < -0.3 is 29.4 Å². The standard InChI is InChI=1S/C24H26ClN5O5/c25-14-10-17-23(28-24(27-17)35-20-12-34-21-19(32)11-33-22(20)21)26-16(14)7-6-15-13-4-1-2-5-18(13)30(29-15)8-3-9-31/h1-2,4-5,10,19-22,31-32H,3,6-9,11-12H2,(H,26,27,28)/t19-,20-,21-,22-/m1/s1. The normalized spacial score (nSPS) is 24.0. The molecule has 3 aromatic heterocycles. The summed E-state index contributed by atoms with van der Waals surface area (Å²) in [7, 11) is 0. The number of fused-ring (bicyclic) bond motifs is 3. The van der Waals surface area contributed by atoms with Gasteiger partial charge in [0.1, 0.15) is 18.3 Å². The second-order valence-electron chi connectivity index (χ2n) is 8.91. The molecule has 0 bridgehead atoms. The summed E-state index contributed by atoms with van der Waals surface area (Å²) in [5.74, 6) is 0. The molecular weight excluding hydrogens is 474 g/mol. The zero-order valence-electron chi connectivity index (χ0n) is 18.9. The molecule has 5 heterocycles. The number of halogens is 1. The molecule has 11 heteroatoms. The Labute approximate surface area is 205 Å². The zero-order chi connectivity index (χ0) is 23.9. The third-order valence-corrected chi connectivity index (χ3v) is 6.91. The van der Waals surface area contributed by atoms with E-state index in [4.69, 9.17) is 30.9 Å². The van der Waals surface area contributed by atoms with Crippen LogP contribution < -0.4 is 4.74 Å². The molecule has 0 saturated carbocycles. The minimum atomic E-state index is -0.634. The van der Waals surface area contributed by atoms with Crippen LogP contribution in [0.1, 0.15) is 17.8 Å². The Morgan fingerprint density at radius 1 is 1.11 bits per heavy atom. The fourth-order valence-electron chi connectivity index (χ4n) is 4.86. The summed E-state index contributed by atoms with van der Waals surface area (Å²) in [6, 6.07) is 10.2. The smallest absolute Gasteiger partial charge is 0.296 e. The third kappa shape index (κ3) is 4.25. The minimum absolute atomic E-state index is 0.127. The number of rotatable bonds is 8. The molecule has 35 heavy (non-hydrogen) atoms. The summed E-state index contributed by atoms with van der Waals surface area (Å²) in [6.45, 7) is 1.35. The van der Waals surface area contributed by atoms with E-state index in [0.29, 0.717) is 54.6 Å². The van der Waals surface area contributed by atoms with E-state index in [1.807, 2.05) is 22.9 Å². The molecule has 0 aliphatic carbocycles. The molecule has 184 valence electrons. The van der Waals surface area contributed by atoms with Crippen LogP contribution in [-0.2, 0) is 28.9 Å². The minimum Gasteiger partial charge on any atom is -0.456 e. The van der Waals surface area contributed by atoms with Crippen LogP contribution in [0.4, 0.5) is 0 Å². The van der Waals surface area contributed by atoms with E-state index in [-0.39, 0.29) is 31.5 Å². The highest BCUT2D eigenvalue weighted by Crippen LogP contribution is 2.30. The summed E-state index contributed by atoms with van der Waals surface area (Å²) in [6.07, 6.45) is 0.238. The second-order valence-corrected chi connectivity index (χ2v) is 9.32. The van der Waals surface area contributed by atoms with Gasteiger partial charge in [0.2, 0.25) is 0 Å². The lowest BCUT2D eigenvalue weighted by molar-refractivity contribution is 0.00706. The van der Waals surface area contributed by atoms with Crippen molar-refractivity contribution in [1.82, 2.24) is 24.7 Å². The van der Waals surface area contributed by atoms with E-state index in [1.54, 1.807) is 6.07 Å². The first-order valence-corrected chi connectivity index (χ1v) is 12.2. The lowest BCUT2D eigenvalue weighted by atomic mass is 10.1. The number of aliphatic hydroxyl groups is 2. The number of aromatic amines is 1. The van der Waals surface area contributed by atoms with Gasteiger partial charge in [-0.1, -0.05) is 29.8 Å². The average molecular weight is 500 g/mol. The number of aliphatic hydroxyl groups excluding tert-OH is 2. The Morgan fingerprint density at radius 3 is 2.83 bits per heavy atom. The summed E-state index contributed by atoms with van der Waals surface area (Å²) < 4.78 is 19.1. The number of hydrogen-bond donors (Lipinski definition) is 3. The number of aryl methyl sites for hydroxylation is 3. The number of para-hydroxylation sites is 1. The van der Waals surface area contributed by atoms with Gasteiger partial charge >= 0.3 is 0 Å². The molecule has 4 aromatic rings. The Kier molecular flexibility index (Phi) is 6.07. The Balaban J connectivity index is 1.19. The van der Waals surface area contributed by atoms with Gasteiger partial charge in [-0.15, -0.1) is 0 Å². The van der Waals surface area contributed by atoms with Gasteiger partial charge in [0.25, 0.3) is 6.01 Å². The molecule has 6 rings (SSSR count). The number of pyridine rings is 1. The van der Waals surface area contributed by atoms with Crippen molar-refractivity contribution in [2.45, 2.75) is 50.2 Å². The molecule has 2 fully saturated rings. The van der Waals surface area contributed by atoms with Crippen molar-refractivity contribution in [3.63, 3.8) is 0 Å². The maximum Gasteiger partial charge on any atom is 0.296 e. The summed E-state index contributed by atoms with van der Waals surface area (Å²) in [5.41, 5.74) is 3.95. The zero-order valence-corrected chi connectivity index (χ0v) is 19.7. The molecule has 2 aliphatic rings. The van der Waals surface area contributed by atoms with Gasteiger partial charge in [-0.05, 0) is 31.4 Å². The molecule has 0 unspecified atom stereocenters. The summed E-state index contributed by atoms with van der Waals surface area (Å²) in [5, 5.41) is 25.5. The van der Waals surface area contributed by atoms with Crippen LogP contribution in [-0.4, -0.2) is 79.2 Å². The Bertz CT molecular complexity index is 1360. The highest BCUT2D eigenvalue weighted by atomic mass is 35.5. The van der Waals surface area contributed by atoms with Crippen LogP contribution in [0.15, 0.2) is 30.3 Å². The molecule has 2 aliphatic heterocycles. The van der Waals surface area contributed by atoms with Crippen LogP contribution in [0.3, 0.4) is 0 Å². The van der Waals surface area contributed by atoms with Crippen molar-refractivity contribution in [1.29, 1.82) is 0 Å². The van der Waals surface area contributed by atoms with Gasteiger partial charge in [-0.25, -0.2) is 4.98 Å². The van der Waals surface area contributed by atoms with Crippen molar-refractivity contribution >= 4 is 33.7 Å². The van der Waals surface area contributed by atoms with Crippen molar-refractivity contribution in [2.75, 3.05) is 19.8 Å².